The van der Waals surface area contributed by atoms with E-state index in [0.717, 1.165) is 22.6 Å². The summed E-state index contributed by atoms with van der Waals surface area (Å²) in [6.07, 6.45) is 11.4. The van der Waals surface area contributed by atoms with Gasteiger partial charge in [0.2, 0.25) is 5.13 Å². The van der Waals surface area contributed by atoms with Gasteiger partial charge in [-0.05, 0) is 18.9 Å². The second kappa shape index (κ2) is 7.53. The highest BCUT2D eigenvalue weighted by molar-refractivity contribution is 7.16. The first kappa shape index (κ1) is 15.2. The highest BCUT2D eigenvalue weighted by atomic mass is 32.1. The van der Waals surface area contributed by atoms with Gasteiger partial charge >= 0.3 is 0 Å². The zero-order valence-corrected chi connectivity index (χ0v) is 12.4. The number of allylic oxidation sites excluding steroid dienone is 6. The Bertz CT molecular complexity index is 532. The lowest BCUT2D eigenvalue weighted by molar-refractivity contribution is 1.23. The number of aliphatic imine (C=N–C) groups is 1. The van der Waals surface area contributed by atoms with E-state index in [1.165, 1.54) is 11.3 Å². The summed E-state index contributed by atoms with van der Waals surface area (Å²) >= 11 is 1.49. The van der Waals surface area contributed by atoms with Crippen molar-refractivity contribution in [3.05, 3.63) is 41.0 Å². The predicted octanol–water partition coefficient (Wildman–Crippen LogP) is 3.28. The van der Waals surface area contributed by atoms with E-state index < -0.39 is 0 Å². The molecule has 1 aromatic rings. The highest BCUT2D eigenvalue weighted by Gasteiger charge is 2.10. The molecule has 0 bridgehead atoms. The van der Waals surface area contributed by atoms with Crippen LogP contribution >= 0.6 is 11.3 Å². The van der Waals surface area contributed by atoms with Crippen molar-refractivity contribution < 1.29 is 0 Å². The normalized spacial score (nSPS) is 13.1. The van der Waals surface area contributed by atoms with E-state index in [-0.39, 0.29) is 5.96 Å². The molecule has 0 unspecified atom stereocenters. The van der Waals surface area contributed by atoms with Gasteiger partial charge in [-0.25, -0.2) is 4.98 Å². The van der Waals surface area contributed by atoms with Crippen LogP contribution in [0, 0.1) is 6.92 Å². The van der Waals surface area contributed by atoms with Crippen LogP contribution in [0.15, 0.2) is 35.4 Å². The summed E-state index contributed by atoms with van der Waals surface area (Å²) < 4.78 is 0. The maximum Gasteiger partial charge on any atom is 0.213 e. The fourth-order valence-electron chi connectivity index (χ4n) is 1.54. The molecule has 1 heterocycles. The lowest BCUT2D eigenvalue weighted by atomic mass is 10.2. The molecule has 0 aromatic carbocycles. The minimum atomic E-state index is 0.0376. The van der Waals surface area contributed by atoms with Crippen molar-refractivity contribution in [2.45, 2.75) is 27.2 Å². The Morgan fingerprint density at radius 3 is 2.74 bits per heavy atom. The highest BCUT2D eigenvalue weighted by Crippen LogP contribution is 2.32. The van der Waals surface area contributed by atoms with Crippen molar-refractivity contribution in [3.8, 4) is 0 Å². The number of aromatic nitrogens is 1. The van der Waals surface area contributed by atoms with E-state index in [0.29, 0.717) is 5.13 Å². The molecular weight excluding hydrogens is 256 g/mol. The Morgan fingerprint density at radius 2 is 2.05 bits per heavy atom. The SMILES string of the molecule is CC.Cc1nc(N=C(N)N)sc1C1=CC=CCC=C1. The fraction of sp³-hybridized carbons (Fsp3) is 0.286. The molecule has 2 rings (SSSR count). The van der Waals surface area contributed by atoms with Gasteiger partial charge in [-0.3, -0.25) is 0 Å². The van der Waals surface area contributed by atoms with Crippen LogP contribution in [0.5, 0.6) is 0 Å². The number of nitrogens with two attached hydrogens (primary N) is 2. The second-order valence-corrected chi connectivity index (χ2v) is 4.61. The van der Waals surface area contributed by atoms with Crippen molar-refractivity contribution in [3.63, 3.8) is 0 Å². The monoisotopic (exact) mass is 276 g/mol. The van der Waals surface area contributed by atoms with Crippen molar-refractivity contribution in [1.29, 1.82) is 0 Å². The Kier molecular flexibility index (Phi) is 6.02. The van der Waals surface area contributed by atoms with E-state index in [1.807, 2.05) is 20.8 Å². The van der Waals surface area contributed by atoms with Gasteiger partial charge in [-0.2, -0.15) is 4.99 Å². The third-order valence-electron chi connectivity index (χ3n) is 2.25. The van der Waals surface area contributed by atoms with Crippen LogP contribution in [0.3, 0.4) is 0 Å². The number of guanidine groups is 1. The van der Waals surface area contributed by atoms with Crippen molar-refractivity contribution in [2.75, 3.05) is 0 Å². The van der Waals surface area contributed by atoms with Gasteiger partial charge in [0.15, 0.2) is 5.96 Å². The molecule has 0 aliphatic heterocycles. The largest absolute Gasteiger partial charge is 0.370 e. The number of hydrogen-bond donors (Lipinski definition) is 2. The number of aryl methyl sites for hydroxylation is 1. The summed E-state index contributed by atoms with van der Waals surface area (Å²) in [5, 5.41) is 0.597. The van der Waals surface area contributed by atoms with Crippen LogP contribution in [0.2, 0.25) is 0 Å². The maximum atomic E-state index is 5.34. The quantitative estimate of drug-likeness (QED) is 0.642. The Balaban J connectivity index is 0.000000861. The number of rotatable bonds is 2. The van der Waals surface area contributed by atoms with Crippen molar-refractivity contribution >= 4 is 28.0 Å². The average molecular weight is 276 g/mol. The van der Waals surface area contributed by atoms with Gasteiger partial charge in [0.1, 0.15) is 0 Å². The van der Waals surface area contributed by atoms with E-state index in [4.69, 9.17) is 11.5 Å². The predicted molar refractivity (Wildman–Crippen MR) is 84.5 cm³/mol. The fourth-order valence-corrected chi connectivity index (χ4v) is 2.50. The molecule has 0 radical (unpaired) electrons. The van der Waals surface area contributed by atoms with Crippen LogP contribution in [-0.4, -0.2) is 10.9 Å². The third-order valence-corrected chi connectivity index (χ3v) is 3.35. The second-order valence-electron chi connectivity index (χ2n) is 3.64. The first-order valence-electron chi connectivity index (χ1n) is 6.27. The lowest BCUT2D eigenvalue weighted by Gasteiger charge is -1.96. The number of nitrogens with zero attached hydrogens (tertiary/aromatic N) is 2. The van der Waals surface area contributed by atoms with Gasteiger partial charge < -0.3 is 11.5 Å². The molecule has 0 saturated carbocycles. The van der Waals surface area contributed by atoms with Gasteiger partial charge in [-0.1, -0.05) is 55.6 Å². The van der Waals surface area contributed by atoms with Crippen LogP contribution in [0.1, 0.15) is 30.8 Å². The summed E-state index contributed by atoms with van der Waals surface area (Å²) in [7, 11) is 0. The van der Waals surface area contributed by atoms with E-state index >= 15 is 0 Å². The summed E-state index contributed by atoms with van der Waals surface area (Å²) in [5.41, 5.74) is 12.8. The molecule has 102 valence electrons. The Labute approximate surface area is 118 Å². The average Bonchev–Trinajstić information content (AvgIpc) is 2.60. The zero-order valence-electron chi connectivity index (χ0n) is 11.6. The topological polar surface area (TPSA) is 77.3 Å². The van der Waals surface area contributed by atoms with Gasteiger partial charge in [0.05, 0.1) is 10.6 Å². The minimum Gasteiger partial charge on any atom is -0.370 e. The maximum absolute atomic E-state index is 5.34. The summed E-state index contributed by atoms with van der Waals surface area (Å²) in [6, 6.07) is 0. The summed E-state index contributed by atoms with van der Waals surface area (Å²) in [6.45, 7) is 5.96. The van der Waals surface area contributed by atoms with E-state index in [2.05, 4.69) is 40.4 Å². The molecule has 4 nitrogen and oxygen atoms in total. The molecule has 0 atom stereocenters. The van der Waals surface area contributed by atoms with Gasteiger partial charge in [-0.15, -0.1) is 0 Å². The van der Waals surface area contributed by atoms with Gasteiger partial charge in [0.25, 0.3) is 0 Å². The summed E-state index contributed by atoms with van der Waals surface area (Å²) in [4.78, 5) is 9.40. The molecule has 5 heteroatoms. The standard InChI is InChI=1S/C12H14N4S.C2H6/c1-8-10(9-6-4-2-3-5-7-9)17-12(15-8)16-11(13)14;1-2/h2,4-7H,3H2,1H3,(H4,13,14,15,16);1-2H3. The molecule has 0 amide bonds. The smallest absolute Gasteiger partial charge is 0.213 e. The van der Waals surface area contributed by atoms with E-state index in [1.54, 1.807) is 0 Å². The molecule has 1 aromatic heterocycles. The molecule has 0 saturated heterocycles. The van der Waals surface area contributed by atoms with E-state index in [9.17, 15) is 0 Å². The number of hydrogen-bond acceptors (Lipinski definition) is 3. The Morgan fingerprint density at radius 1 is 1.32 bits per heavy atom. The lowest BCUT2D eigenvalue weighted by Crippen LogP contribution is -2.21. The van der Waals surface area contributed by atoms with Crippen LogP contribution in [-0.2, 0) is 0 Å². The van der Waals surface area contributed by atoms with Crippen molar-refractivity contribution in [2.24, 2.45) is 16.5 Å². The van der Waals surface area contributed by atoms with Crippen LogP contribution < -0.4 is 11.5 Å². The molecule has 0 spiro atoms. The zero-order chi connectivity index (χ0) is 14.3. The molecule has 19 heavy (non-hydrogen) atoms. The molecule has 1 aliphatic rings. The number of thiazole rings is 1. The van der Waals surface area contributed by atoms with Crippen molar-refractivity contribution in [1.82, 2.24) is 4.98 Å². The van der Waals surface area contributed by atoms with Crippen LogP contribution in [0.4, 0.5) is 5.13 Å². The molecule has 0 fully saturated rings. The molecular formula is C14H20N4S. The molecule has 4 N–H and O–H groups in total. The first-order valence-corrected chi connectivity index (χ1v) is 7.09. The molecule has 1 aliphatic carbocycles. The summed E-state index contributed by atoms with van der Waals surface area (Å²) in [5.74, 6) is 0.0376. The Hall–Kier alpha value is -1.88. The van der Waals surface area contributed by atoms with Gasteiger partial charge in [0, 0.05) is 0 Å². The van der Waals surface area contributed by atoms with Crippen LogP contribution in [0.25, 0.3) is 5.57 Å². The minimum absolute atomic E-state index is 0.0376. The third kappa shape index (κ3) is 4.37. The first-order chi connectivity index (χ1) is 9.16.